The fourth-order valence-corrected chi connectivity index (χ4v) is 4.75. The largest absolute Gasteiger partial charge is 0.479 e. The molecule has 1 saturated carbocycles. The van der Waals surface area contributed by atoms with Crippen LogP contribution in [0.1, 0.15) is 48.2 Å². The van der Waals surface area contributed by atoms with Crippen LogP contribution < -0.4 is 5.32 Å². The molecule has 0 aliphatic heterocycles. The van der Waals surface area contributed by atoms with Gasteiger partial charge in [0.25, 0.3) is 5.91 Å². The van der Waals surface area contributed by atoms with E-state index in [2.05, 4.69) is 5.32 Å². The molecule has 1 atom stereocenters. The molecule has 1 fully saturated rings. The summed E-state index contributed by atoms with van der Waals surface area (Å²) in [7, 11) is 1.30. The number of carboxylic acids is 1. The van der Waals surface area contributed by atoms with Crippen molar-refractivity contribution >= 4 is 34.6 Å². The fraction of sp³-hybridized carbons (Fsp3) is 0.500. The first-order valence-corrected chi connectivity index (χ1v) is 10.3. The summed E-state index contributed by atoms with van der Waals surface area (Å²) >= 11 is 1.88. The summed E-state index contributed by atoms with van der Waals surface area (Å²) in [6, 6.07) is 7.61. The second kappa shape index (κ2) is 9.28. The monoisotopic (exact) mass is 391 g/mol. The molecule has 2 N–H and O–H groups in total. The molecule has 1 aliphatic rings. The highest BCUT2D eigenvalue weighted by Gasteiger charge is 2.24. The first-order valence-electron chi connectivity index (χ1n) is 9.26. The van der Waals surface area contributed by atoms with E-state index in [0.717, 1.165) is 10.9 Å². The van der Waals surface area contributed by atoms with Crippen molar-refractivity contribution in [3.63, 3.8) is 0 Å². The molecule has 0 spiro atoms. The van der Waals surface area contributed by atoms with Gasteiger partial charge in [-0.05, 0) is 18.9 Å². The molecule has 1 aliphatic carbocycles. The Hall–Kier alpha value is -1.99. The van der Waals surface area contributed by atoms with Gasteiger partial charge in [-0.2, -0.15) is 11.8 Å². The van der Waals surface area contributed by atoms with E-state index >= 15 is 0 Å². The number of aliphatic carboxylic acids is 1. The zero-order valence-electron chi connectivity index (χ0n) is 15.4. The van der Waals surface area contributed by atoms with E-state index in [0.29, 0.717) is 16.6 Å². The molecular weight excluding hydrogens is 366 g/mol. The summed E-state index contributed by atoms with van der Waals surface area (Å²) in [5, 5.41) is 13.2. The number of carbonyl (C=O) groups excluding carboxylic acids is 1. The van der Waals surface area contributed by atoms with Gasteiger partial charge in [-0.1, -0.05) is 37.5 Å². The Bertz CT molecular complexity index is 797. The molecule has 27 heavy (non-hydrogen) atoms. The quantitative estimate of drug-likeness (QED) is 0.711. The van der Waals surface area contributed by atoms with Crippen molar-refractivity contribution in [3.8, 4) is 0 Å². The van der Waals surface area contributed by atoms with Crippen LogP contribution in [0.2, 0.25) is 0 Å². The highest BCUT2D eigenvalue weighted by atomic mass is 32.2. The molecular formula is C20H25NO5S. The molecule has 1 aromatic carbocycles. The topological polar surface area (TPSA) is 88.8 Å². The van der Waals surface area contributed by atoms with Crippen molar-refractivity contribution in [2.24, 2.45) is 0 Å². The summed E-state index contributed by atoms with van der Waals surface area (Å²) in [5.41, 5.74) is 1.55. The summed E-state index contributed by atoms with van der Waals surface area (Å²) in [5.74, 6) is -0.555. The number of furan rings is 1. The van der Waals surface area contributed by atoms with Crippen LogP contribution in [0, 0.1) is 0 Å². The molecule has 1 aromatic heterocycles. The number of thioether (sulfide) groups is 1. The van der Waals surface area contributed by atoms with E-state index < -0.39 is 18.0 Å². The Labute approximate surface area is 162 Å². The molecule has 3 rings (SSSR count). The summed E-state index contributed by atoms with van der Waals surface area (Å²) in [4.78, 5) is 23.7. The van der Waals surface area contributed by atoms with Gasteiger partial charge < -0.3 is 19.6 Å². The average molecular weight is 391 g/mol. The maximum Gasteiger partial charge on any atom is 0.334 e. The van der Waals surface area contributed by atoms with Crippen LogP contribution in [-0.2, 0) is 15.3 Å². The molecule has 146 valence electrons. The number of methoxy groups -OCH3 is 1. The Kier molecular flexibility index (Phi) is 6.79. The Morgan fingerprint density at radius 3 is 2.74 bits per heavy atom. The average Bonchev–Trinajstić information content (AvgIpc) is 3.06. The van der Waals surface area contributed by atoms with E-state index in [1.54, 1.807) is 0 Å². The number of rotatable bonds is 8. The van der Waals surface area contributed by atoms with Crippen LogP contribution in [0.15, 0.2) is 28.7 Å². The van der Waals surface area contributed by atoms with Crippen LogP contribution in [-0.4, -0.2) is 42.0 Å². The summed E-state index contributed by atoms with van der Waals surface area (Å²) < 4.78 is 10.7. The minimum atomic E-state index is -1.12. The van der Waals surface area contributed by atoms with Gasteiger partial charge >= 0.3 is 5.97 Å². The van der Waals surface area contributed by atoms with Gasteiger partial charge in [-0.25, -0.2) is 4.79 Å². The van der Waals surface area contributed by atoms with Gasteiger partial charge in [0.05, 0.1) is 6.54 Å². The normalized spacial score (nSPS) is 16.3. The van der Waals surface area contributed by atoms with Crippen molar-refractivity contribution in [3.05, 3.63) is 35.6 Å². The van der Waals surface area contributed by atoms with Crippen molar-refractivity contribution in [1.82, 2.24) is 5.32 Å². The predicted octanol–water partition coefficient (Wildman–Crippen LogP) is 3.83. The molecule has 1 unspecified atom stereocenters. The molecule has 1 amide bonds. The van der Waals surface area contributed by atoms with Gasteiger partial charge in [-0.3, -0.25) is 4.79 Å². The lowest BCUT2D eigenvalue weighted by Crippen LogP contribution is -2.38. The number of para-hydroxylation sites is 1. The van der Waals surface area contributed by atoms with Crippen LogP contribution in [0.3, 0.4) is 0 Å². The molecule has 0 saturated heterocycles. The smallest absolute Gasteiger partial charge is 0.334 e. The Morgan fingerprint density at radius 2 is 2.04 bits per heavy atom. The third-order valence-electron chi connectivity index (χ3n) is 4.93. The van der Waals surface area contributed by atoms with E-state index in [1.807, 2.05) is 36.0 Å². The molecule has 1 heterocycles. The lowest BCUT2D eigenvalue weighted by Gasteiger charge is -2.20. The number of ether oxygens (including phenoxy) is 1. The number of carbonyl (C=O) groups is 2. The maximum absolute atomic E-state index is 12.7. The van der Waals surface area contributed by atoms with Gasteiger partial charge in [0, 0.05) is 29.1 Å². The lowest BCUT2D eigenvalue weighted by atomic mass is 10.0. The minimum Gasteiger partial charge on any atom is -0.479 e. The number of amides is 1. The maximum atomic E-state index is 12.7. The molecule has 0 bridgehead atoms. The summed E-state index contributed by atoms with van der Waals surface area (Å²) in [6.07, 6.45) is 5.20. The number of benzene rings is 1. The standard InChI is InChI=1S/C20H25NO5S/c1-25-17(20(23)24)11-21-19(22)18-15(12-27-13-7-3-2-4-8-13)14-9-5-6-10-16(14)26-18/h5-6,9-10,13,17H,2-4,7-8,11-12H2,1H3,(H,21,22)(H,23,24). The molecule has 2 aromatic rings. The molecule has 0 radical (unpaired) electrons. The van der Waals surface area contributed by atoms with Crippen LogP contribution in [0.5, 0.6) is 0 Å². The summed E-state index contributed by atoms with van der Waals surface area (Å²) in [6.45, 7) is -0.114. The number of fused-ring (bicyclic) bond motifs is 1. The van der Waals surface area contributed by atoms with Crippen LogP contribution in [0.4, 0.5) is 0 Å². The van der Waals surface area contributed by atoms with Crippen molar-refractivity contribution in [1.29, 1.82) is 0 Å². The van der Waals surface area contributed by atoms with Crippen molar-refractivity contribution in [2.45, 2.75) is 49.2 Å². The first kappa shape index (κ1) is 19.8. The fourth-order valence-electron chi connectivity index (χ4n) is 3.40. The van der Waals surface area contributed by atoms with Crippen molar-refractivity contribution < 1.29 is 23.8 Å². The van der Waals surface area contributed by atoms with Crippen LogP contribution >= 0.6 is 11.8 Å². The second-order valence-corrected chi connectivity index (χ2v) is 8.04. The van der Waals surface area contributed by atoms with Gasteiger partial charge in [0.2, 0.25) is 0 Å². The van der Waals surface area contributed by atoms with E-state index in [1.165, 1.54) is 39.2 Å². The zero-order chi connectivity index (χ0) is 19.2. The SMILES string of the molecule is COC(CNC(=O)c1oc2ccccc2c1CSC1CCCCC1)C(=O)O. The van der Waals surface area contributed by atoms with E-state index in [-0.39, 0.29) is 12.3 Å². The number of hydrogen-bond acceptors (Lipinski definition) is 5. The van der Waals surface area contributed by atoms with Gasteiger partial charge in [-0.15, -0.1) is 0 Å². The third-order valence-corrected chi connectivity index (χ3v) is 6.33. The molecule has 7 heteroatoms. The van der Waals surface area contributed by atoms with Gasteiger partial charge in [0.15, 0.2) is 11.9 Å². The minimum absolute atomic E-state index is 0.114. The predicted molar refractivity (Wildman–Crippen MR) is 105 cm³/mol. The van der Waals surface area contributed by atoms with Gasteiger partial charge in [0.1, 0.15) is 5.58 Å². The number of carboxylic acid groups (broad SMARTS) is 1. The van der Waals surface area contributed by atoms with E-state index in [9.17, 15) is 9.59 Å². The number of nitrogens with one attached hydrogen (secondary N) is 1. The van der Waals surface area contributed by atoms with Crippen LogP contribution in [0.25, 0.3) is 11.0 Å². The Morgan fingerprint density at radius 1 is 1.30 bits per heavy atom. The molecule has 6 nitrogen and oxygen atoms in total. The highest BCUT2D eigenvalue weighted by Crippen LogP contribution is 2.34. The third kappa shape index (κ3) is 4.84. The second-order valence-electron chi connectivity index (χ2n) is 6.75. The number of hydrogen-bond donors (Lipinski definition) is 2. The van der Waals surface area contributed by atoms with E-state index in [4.69, 9.17) is 14.3 Å². The van der Waals surface area contributed by atoms with Crippen molar-refractivity contribution in [2.75, 3.05) is 13.7 Å². The Balaban J connectivity index is 1.76. The first-order chi connectivity index (χ1) is 13.1. The highest BCUT2D eigenvalue weighted by molar-refractivity contribution is 7.99. The lowest BCUT2D eigenvalue weighted by molar-refractivity contribution is -0.148. The zero-order valence-corrected chi connectivity index (χ0v) is 16.2.